The molecule has 1 N–H and O–H groups in total. The van der Waals surface area contributed by atoms with Crippen LogP contribution in [-0.4, -0.2) is 47.7 Å². The zero-order chi connectivity index (χ0) is 19.8. The van der Waals surface area contributed by atoms with E-state index in [1.807, 2.05) is 18.2 Å². The highest BCUT2D eigenvalue weighted by molar-refractivity contribution is 5.62. The predicted molar refractivity (Wildman–Crippen MR) is 114 cm³/mol. The number of hydrogen-bond donors (Lipinski definition) is 1. The Kier molecular flexibility index (Phi) is 4.87. The minimum absolute atomic E-state index is 0.0209. The van der Waals surface area contributed by atoms with Gasteiger partial charge in [-0.15, -0.1) is 0 Å². The quantitative estimate of drug-likeness (QED) is 0.870. The van der Waals surface area contributed by atoms with Crippen LogP contribution in [0.3, 0.4) is 0 Å². The molecule has 0 bridgehead atoms. The van der Waals surface area contributed by atoms with Gasteiger partial charge in [0.25, 0.3) is 5.56 Å². The Balaban J connectivity index is 1.30. The lowest BCUT2D eigenvalue weighted by atomic mass is 9.99. The number of hydrogen-bond acceptors (Lipinski definition) is 5. The first-order valence-electron chi connectivity index (χ1n) is 10.7. The minimum Gasteiger partial charge on any atom is -0.489 e. The number of nitrogens with one attached hydrogen (secondary N) is 1. The lowest BCUT2D eigenvalue weighted by Crippen LogP contribution is -2.40. The topological polar surface area (TPSA) is 61.5 Å². The zero-order valence-electron chi connectivity index (χ0n) is 17.0. The molecule has 1 aromatic carbocycles. The van der Waals surface area contributed by atoms with Crippen molar-refractivity contribution in [2.24, 2.45) is 5.92 Å². The van der Waals surface area contributed by atoms with E-state index in [9.17, 15) is 4.79 Å². The molecule has 29 heavy (non-hydrogen) atoms. The summed E-state index contributed by atoms with van der Waals surface area (Å²) >= 11 is 0. The number of anilines is 1. The lowest BCUT2D eigenvalue weighted by Gasteiger charge is -2.33. The molecule has 1 fully saturated rings. The molecular formula is C23H28N4O2. The molecule has 6 heteroatoms. The van der Waals surface area contributed by atoms with Crippen molar-refractivity contribution in [1.29, 1.82) is 0 Å². The van der Waals surface area contributed by atoms with Crippen LogP contribution < -0.4 is 15.2 Å². The largest absolute Gasteiger partial charge is 0.489 e. The molecule has 6 nitrogen and oxygen atoms in total. The molecule has 0 saturated carbocycles. The Labute approximate surface area is 171 Å². The van der Waals surface area contributed by atoms with Gasteiger partial charge in [-0.25, -0.2) is 4.98 Å². The van der Waals surface area contributed by atoms with Gasteiger partial charge < -0.3 is 9.64 Å². The number of rotatable bonds is 3. The number of H-pyrrole nitrogens is 1. The summed E-state index contributed by atoms with van der Waals surface area (Å²) < 4.78 is 5.88. The number of fused-ring (bicyclic) bond motifs is 2. The molecule has 1 saturated heterocycles. The van der Waals surface area contributed by atoms with Crippen LogP contribution in [0.25, 0.3) is 6.08 Å². The van der Waals surface area contributed by atoms with Crippen molar-refractivity contribution in [2.75, 3.05) is 37.7 Å². The smallest absolute Gasteiger partial charge is 0.257 e. The third kappa shape index (κ3) is 3.81. The fourth-order valence-corrected chi connectivity index (χ4v) is 4.51. The summed E-state index contributed by atoms with van der Waals surface area (Å²) in [7, 11) is 0. The van der Waals surface area contributed by atoms with Gasteiger partial charge in [0, 0.05) is 44.7 Å². The van der Waals surface area contributed by atoms with Gasteiger partial charge in [-0.05, 0) is 36.5 Å². The summed E-state index contributed by atoms with van der Waals surface area (Å²) in [6, 6.07) is 8.12. The van der Waals surface area contributed by atoms with Gasteiger partial charge in [0.05, 0.1) is 11.3 Å². The van der Waals surface area contributed by atoms with Crippen molar-refractivity contribution in [1.82, 2.24) is 14.9 Å². The minimum atomic E-state index is 0.0209. The molecule has 3 aliphatic rings. The fraction of sp³-hybridized carbons (Fsp3) is 0.478. The van der Waals surface area contributed by atoms with E-state index < -0.39 is 0 Å². The van der Waals surface area contributed by atoms with Crippen LogP contribution in [0.4, 0.5) is 5.95 Å². The van der Waals surface area contributed by atoms with Crippen molar-refractivity contribution in [3.8, 4) is 5.75 Å². The average molecular weight is 393 g/mol. The van der Waals surface area contributed by atoms with E-state index in [0.717, 1.165) is 79.9 Å². The summed E-state index contributed by atoms with van der Waals surface area (Å²) in [6.45, 7) is 7.24. The number of piperidine rings is 1. The van der Waals surface area contributed by atoms with Crippen molar-refractivity contribution in [3.63, 3.8) is 0 Å². The van der Waals surface area contributed by atoms with Crippen molar-refractivity contribution in [2.45, 2.75) is 32.7 Å². The SMILES string of the molecule is CC1CCN(c2nc3c(c(=O)[nH]2)CN(CC2=Cc4ccccc4OC2)CC3)CC1. The van der Waals surface area contributed by atoms with E-state index in [1.54, 1.807) is 0 Å². The first-order chi connectivity index (χ1) is 14.2. The molecular weight excluding hydrogens is 364 g/mol. The highest BCUT2D eigenvalue weighted by Crippen LogP contribution is 2.27. The molecule has 0 unspecified atom stereocenters. The number of para-hydroxylation sites is 1. The molecule has 4 heterocycles. The average Bonchev–Trinajstić information content (AvgIpc) is 2.74. The Morgan fingerprint density at radius 2 is 2.03 bits per heavy atom. The van der Waals surface area contributed by atoms with Gasteiger partial charge in [-0.3, -0.25) is 14.7 Å². The predicted octanol–water partition coefficient (Wildman–Crippen LogP) is 2.84. The molecule has 152 valence electrons. The second-order valence-corrected chi connectivity index (χ2v) is 8.57. The van der Waals surface area contributed by atoms with E-state index in [1.165, 1.54) is 5.57 Å². The van der Waals surface area contributed by atoms with Crippen molar-refractivity contribution in [3.05, 3.63) is 57.0 Å². The summed E-state index contributed by atoms with van der Waals surface area (Å²) in [5.41, 5.74) is 4.19. The first kappa shape index (κ1) is 18.4. The number of benzene rings is 1. The maximum Gasteiger partial charge on any atom is 0.257 e. The van der Waals surface area contributed by atoms with Crippen LogP contribution in [-0.2, 0) is 13.0 Å². The Morgan fingerprint density at radius 1 is 1.21 bits per heavy atom. The Bertz CT molecular complexity index is 989. The lowest BCUT2D eigenvalue weighted by molar-refractivity contribution is 0.254. The van der Waals surface area contributed by atoms with E-state index in [4.69, 9.17) is 9.72 Å². The van der Waals surface area contributed by atoms with Gasteiger partial charge in [-0.2, -0.15) is 0 Å². The van der Waals surface area contributed by atoms with Crippen LogP contribution in [0.5, 0.6) is 5.75 Å². The van der Waals surface area contributed by atoms with Crippen LogP contribution in [0.15, 0.2) is 34.6 Å². The van der Waals surface area contributed by atoms with E-state index >= 15 is 0 Å². The summed E-state index contributed by atoms with van der Waals surface area (Å²) in [4.78, 5) is 25.2. The van der Waals surface area contributed by atoms with Gasteiger partial charge in [0.15, 0.2) is 0 Å². The second-order valence-electron chi connectivity index (χ2n) is 8.57. The van der Waals surface area contributed by atoms with Crippen LogP contribution in [0, 0.1) is 5.92 Å². The highest BCUT2D eigenvalue weighted by Gasteiger charge is 2.25. The van der Waals surface area contributed by atoms with Gasteiger partial charge in [0.1, 0.15) is 12.4 Å². The standard InChI is InChI=1S/C23H28N4O2/c1-16-6-10-27(11-7-16)23-24-20-8-9-26(14-19(20)22(28)25-23)13-17-12-18-4-2-3-5-21(18)29-15-17/h2-5,12,16H,6-11,13-15H2,1H3,(H,24,25,28). The van der Waals surface area contributed by atoms with Crippen LogP contribution >= 0.6 is 0 Å². The maximum absolute atomic E-state index is 12.8. The van der Waals surface area contributed by atoms with Gasteiger partial charge >= 0.3 is 0 Å². The molecule has 2 aromatic rings. The van der Waals surface area contributed by atoms with E-state index in [2.05, 4.69) is 33.8 Å². The molecule has 0 spiro atoms. The third-order valence-corrected chi connectivity index (χ3v) is 6.34. The summed E-state index contributed by atoms with van der Waals surface area (Å²) in [5.74, 6) is 2.46. The summed E-state index contributed by atoms with van der Waals surface area (Å²) in [5, 5.41) is 0. The van der Waals surface area contributed by atoms with Crippen molar-refractivity contribution < 1.29 is 4.74 Å². The molecule has 3 aliphatic heterocycles. The molecule has 0 atom stereocenters. The normalized spacial score (nSPS) is 19.9. The van der Waals surface area contributed by atoms with Crippen LogP contribution in [0.1, 0.15) is 36.6 Å². The van der Waals surface area contributed by atoms with Crippen molar-refractivity contribution >= 4 is 12.0 Å². The second kappa shape index (κ2) is 7.67. The summed E-state index contributed by atoms with van der Waals surface area (Å²) in [6.07, 6.45) is 5.36. The fourth-order valence-electron chi connectivity index (χ4n) is 4.51. The molecule has 0 radical (unpaired) electrons. The first-order valence-corrected chi connectivity index (χ1v) is 10.7. The number of aromatic nitrogens is 2. The van der Waals surface area contributed by atoms with E-state index in [0.29, 0.717) is 13.2 Å². The molecule has 0 aliphatic carbocycles. The van der Waals surface area contributed by atoms with Gasteiger partial charge in [-0.1, -0.05) is 25.1 Å². The Morgan fingerprint density at radius 3 is 2.90 bits per heavy atom. The molecule has 5 rings (SSSR count). The van der Waals surface area contributed by atoms with Gasteiger partial charge in [0.2, 0.25) is 5.95 Å². The number of ether oxygens (including phenoxy) is 1. The monoisotopic (exact) mass is 392 g/mol. The maximum atomic E-state index is 12.8. The third-order valence-electron chi connectivity index (χ3n) is 6.34. The number of nitrogens with zero attached hydrogens (tertiary/aromatic N) is 3. The van der Waals surface area contributed by atoms with Crippen LogP contribution in [0.2, 0.25) is 0 Å². The Hall–Kier alpha value is -2.60. The highest BCUT2D eigenvalue weighted by atomic mass is 16.5. The van der Waals surface area contributed by atoms with E-state index in [-0.39, 0.29) is 5.56 Å². The molecule has 1 aromatic heterocycles. The number of aromatic amines is 1. The molecule has 0 amide bonds. The zero-order valence-corrected chi connectivity index (χ0v) is 17.0.